The van der Waals surface area contributed by atoms with E-state index < -0.39 is 72.6 Å². The van der Waals surface area contributed by atoms with Gasteiger partial charge in [-0.05, 0) is 38.7 Å². The number of amides is 6. The molecule has 42 heavy (non-hydrogen) atoms. The minimum atomic E-state index is -1.35. The van der Waals surface area contributed by atoms with Crippen molar-refractivity contribution < 1.29 is 42.6 Å². The molecule has 14 nitrogen and oxygen atoms in total. The first-order valence-corrected chi connectivity index (χ1v) is 14.0. The Balaban J connectivity index is 2.69. The van der Waals surface area contributed by atoms with Crippen molar-refractivity contribution in [1.29, 1.82) is 0 Å². The van der Waals surface area contributed by atoms with Crippen molar-refractivity contribution in [3.63, 3.8) is 0 Å². The Labute approximate surface area is 246 Å². The third-order valence-corrected chi connectivity index (χ3v) is 6.27. The summed E-state index contributed by atoms with van der Waals surface area (Å²) in [5, 5.41) is 20.7. The first-order valence-electron chi connectivity index (χ1n) is 13.1. The average molecular weight is 613 g/mol. The van der Waals surface area contributed by atoms with Gasteiger partial charge in [-0.1, -0.05) is 30.3 Å². The number of halogens is 1. The van der Waals surface area contributed by atoms with Gasteiger partial charge in [0.2, 0.25) is 35.4 Å². The summed E-state index contributed by atoms with van der Waals surface area (Å²) < 4.78 is 12.8. The Hall–Kier alpha value is -4.21. The van der Waals surface area contributed by atoms with Crippen LogP contribution in [0, 0.1) is 0 Å². The first kappa shape index (κ1) is 35.8. The second-order valence-corrected chi connectivity index (χ2v) is 9.97. The van der Waals surface area contributed by atoms with E-state index in [-0.39, 0.29) is 43.1 Å². The topological polar surface area (TPSA) is 226 Å². The molecule has 0 heterocycles. The Morgan fingerprint density at radius 2 is 1.45 bits per heavy atom. The maximum Gasteiger partial charge on any atom is 0.303 e. The summed E-state index contributed by atoms with van der Waals surface area (Å²) in [6, 6.07) is 4.57. The minimum absolute atomic E-state index is 0.0571. The fourth-order valence-electron chi connectivity index (χ4n) is 3.47. The molecule has 6 amide bonds. The predicted octanol–water partition coefficient (Wildman–Crippen LogP) is -0.928. The number of hydrogen-bond donors (Lipinski definition) is 7. The van der Waals surface area contributed by atoms with Crippen LogP contribution in [0.2, 0.25) is 0 Å². The maximum atomic E-state index is 12.8. The van der Waals surface area contributed by atoms with Crippen LogP contribution in [-0.2, 0) is 40.0 Å². The number of aryl methyl sites for hydroxylation is 1. The van der Waals surface area contributed by atoms with Gasteiger partial charge in [0, 0.05) is 30.7 Å². The van der Waals surface area contributed by atoms with Gasteiger partial charge in [0.1, 0.15) is 24.2 Å². The van der Waals surface area contributed by atoms with Crippen LogP contribution in [0.15, 0.2) is 30.3 Å². The second kappa shape index (κ2) is 19.0. The smallest absolute Gasteiger partial charge is 0.303 e. The number of carbonyl (C=O) groups excluding carboxylic acids is 6. The summed E-state index contributed by atoms with van der Waals surface area (Å²) in [6.07, 6.45) is -0.333. The maximum absolute atomic E-state index is 12.8. The lowest BCUT2D eigenvalue weighted by atomic mass is 10.1. The summed E-state index contributed by atoms with van der Waals surface area (Å²) in [6.45, 7) is 2.06. The molecule has 1 rings (SSSR count). The number of hydrogen-bond acceptors (Lipinski definition) is 8. The molecule has 0 radical (unpaired) electrons. The van der Waals surface area contributed by atoms with E-state index in [1.807, 2.05) is 30.3 Å². The molecule has 0 spiro atoms. The number of carbonyl (C=O) groups is 7. The molecule has 16 heteroatoms. The quantitative estimate of drug-likeness (QED) is 0.102. The number of nitrogens with one attached hydrogen (secondary N) is 5. The van der Waals surface area contributed by atoms with Crippen LogP contribution in [0.25, 0.3) is 0 Å². The normalized spacial score (nSPS) is 13.4. The molecule has 0 fully saturated rings. The summed E-state index contributed by atoms with van der Waals surface area (Å²) in [4.78, 5) is 84.6. The van der Waals surface area contributed by atoms with E-state index in [0.717, 1.165) is 5.56 Å². The fraction of sp³-hybridized carbons (Fsp3) is 0.500. The lowest BCUT2D eigenvalue weighted by Crippen LogP contribution is -2.55. The van der Waals surface area contributed by atoms with Crippen molar-refractivity contribution in [2.75, 3.05) is 12.3 Å². The zero-order valence-electron chi connectivity index (χ0n) is 23.3. The monoisotopic (exact) mass is 612 g/mol. The van der Waals surface area contributed by atoms with Crippen molar-refractivity contribution >= 4 is 53.6 Å². The Bertz CT molecular complexity index is 1110. The third kappa shape index (κ3) is 14.4. The van der Waals surface area contributed by atoms with Crippen molar-refractivity contribution in [2.45, 2.75) is 70.1 Å². The van der Waals surface area contributed by atoms with E-state index in [9.17, 15) is 37.4 Å². The van der Waals surface area contributed by atoms with Crippen molar-refractivity contribution in [3.8, 4) is 0 Å². The van der Waals surface area contributed by atoms with Crippen LogP contribution in [-0.4, -0.2) is 83.0 Å². The highest BCUT2D eigenvalue weighted by molar-refractivity contribution is 7.94. The molecule has 4 atom stereocenters. The molecular formula is C26H37FN6O8S. The molecule has 1 aromatic carbocycles. The number of benzene rings is 1. The Morgan fingerprint density at radius 3 is 2.05 bits per heavy atom. The zero-order chi connectivity index (χ0) is 31.7. The molecule has 0 aliphatic heterocycles. The van der Waals surface area contributed by atoms with Crippen LogP contribution in [0.4, 0.5) is 3.89 Å². The molecule has 8 N–H and O–H groups in total. The minimum Gasteiger partial charge on any atom is -0.481 e. The summed E-state index contributed by atoms with van der Waals surface area (Å²) in [5.74, 6) is -5.88. The zero-order valence-corrected chi connectivity index (χ0v) is 24.1. The third-order valence-electron chi connectivity index (χ3n) is 5.88. The van der Waals surface area contributed by atoms with Crippen molar-refractivity contribution in [1.82, 2.24) is 26.6 Å². The van der Waals surface area contributed by atoms with Gasteiger partial charge in [-0.3, -0.25) is 33.6 Å². The standard InChI is InChI=1S/C26H37FN6O8S/c1-15(23(28)38)31-26(41)18(9-11-22(36)37)32-21(35)14-29-25(40)19(12-13-42-27)33-24(39)16(2)30-20(34)10-8-17-6-4-3-5-7-17/h3-7,15-16,18-19H,8-14H2,1-2H3,(H2,28,38)(H,29,40)(H,30,34)(H,31,41)(H,32,35)(H,33,39)(H,36,37)/t15-,16-,18?,19-/m0/s1. The molecule has 232 valence electrons. The Kier molecular flexibility index (Phi) is 16.2. The van der Waals surface area contributed by atoms with Crippen LogP contribution < -0.4 is 32.3 Å². The molecule has 1 unspecified atom stereocenters. The van der Waals surface area contributed by atoms with E-state index in [0.29, 0.717) is 6.42 Å². The SMILES string of the molecule is C[C@H](NC(=O)C(CCC(=O)O)NC(=O)CNC(=O)[C@H](CCSF)NC(=O)[C@H](C)NC(=O)CCc1ccccc1)C(N)=O. The molecule has 1 aromatic rings. The van der Waals surface area contributed by atoms with Gasteiger partial charge in [-0.25, -0.2) is 0 Å². The van der Waals surface area contributed by atoms with Gasteiger partial charge in [0.25, 0.3) is 0 Å². The van der Waals surface area contributed by atoms with E-state index in [4.69, 9.17) is 10.8 Å². The summed E-state index contributed by atoms with van der Waals surface area (Å²) in [7, 11) is 0. The first-order chi connectivity index (χ1) is 19.8. The number of primary amides is 1. The van der Waals surface area contributed by atoms with Gasteiger partial charge in [-0.2, -0.15) is 3.89 Å². The lowest BCUT2D eigenvalue weighted by molar-refractivity contribution is -0.138. The number of nitrogens with two attached hydrogens (primary N) is 1. The second-order valence-electron chi connectivity index (χ2n) is 9.34. The van der Waals surface area contributed by atoms with Crippen LogP contribution in [0.5, 0.6) is 0 Å². The summed E-state index contributed by atoms with van der Waals surface area (Å²) >= 11 is -0.0571. The highest BCUT2D eigenvalue weighted by atomic mass is 32.2. The van der Waals surface area contributed by atoms with Gasteiger partial charge >= 0.3 is 5.97 Å². The van der Waals surface area contributed by atoms with E-state index in [1.165, 1.54) is 13.8 Å². The van der Waals surface area contributed by atoms with Gasteiger partial charge in [0.15, 0.2) is 0 Å². The predicted molar refractivity (Wildman–Crippen MR) is 151 cm³/mol. The van der Waals surface area contributed by atoms with Gasteiger partial charge in [-0.15, -0.1) is 0 Å². The van der Waals surface area contributed by atoms with E-state index in [2.05, 4.69) is 26.6 Å². The molecular weight excluding hydrogens is 575 g/mol. The largest absolute Gasteiger partial charge is 0.481 e. The lowest BCUT2D eigenvalue weighted by Gasteiger charge is -2.22. The van der Waals surface area contributed by atoms with Gasteiger partial charge < -0.3 is 37.4 Å². The number of carboxylic acids is 1. The van der Waals surface area contributed by atoms with Crippen molar-refractivity contribution in [2.24, 2.45) is 5.73 Å². The van der Waals surface area contributed by atoms with Crippen LogP contribution in [0.1, 0.15) is 45.1 Å². The highest BCUT2D eigenvalue weighted by Gasteiger charge is 2.27. The van der Waals surface area contributed by atoms with E-state index >= 15 is 0 Å². The molecule has 0 aliphatic rings. The van der Waals surface area contributed by atoms with Crippen LogP contribution >= 0.6 is 12.1 Å². The highest BCUT2D eigenvalue weighted by Crippen LogP contribution is 2.07. The van der Waals surface area contributed by atoms with E-state index in [1.54, 1.807) is 0 Å². The number of aliphatic carboxylic acids is 1. The molecule has 0 bridgehead atoms. The molecule has 0 aliphatic carbocycles. The summed E-state index contributed by atoms with van der Waals surface area (Å²) in [5.41, 5.74) is 6.05. The molecule has 0 aromatic heterocycles. The number of carboxylic acid groups (broad SMARTS) is 1. The average Bonchev–Trinajstić information content (AvgIpc) is 2.94. The van der Waals surface area contributed by atoms with Crippen LogP contribution in [0.3, 0.4) is 0 Å². The fourth-order valence-corrected chi connectivity index (χ4v) is 3.79. The molecule has 0 saturated heterocycles. The molecule has 0 saturated carbocycles. The Morgan fingerprint density at radius 1 is 0.810 bits per heavy atom. The van der Waals surface area contributed by atoms with Gasteiger partial charge in [0.05, 0.1) is 6.54 Å². The van der Waals surface area contributed by atoms with Crippen molar-refractivity contribution in [3.05, 3.63) is 35.9 Å². The number of rotatable bonds is 19.